The number of hydrogen-bond donors (Lipinski definition) is 0. The van der Waals surface area contributed by atoms with Crippen LogP contribution in [-0.4, -0.2) is 17.1 Å². The van der Waals surface area contributed by atoms with Gasteiger partial charge >= 0.3 is 5.97 Å². The maximum Gasteiger partial charge on any atom is 0.338 e. The topological polar surface area (TPSA) is 60.7 Å². The summed E-state index contributed by atoms with van der Waals surface area (Å²) in [6.45, 7) is 3.75. The lowest BCUT2D eigenvalue weighted by Gasteiger charge is -2.21. The molecule has 162 valence electrons. The van der Waals surface area contributed by atoms with Crippen molar-refractivity contribution in [2.45, 2.75) is 19.9 Å². The minimum Gasteiger partial charge on any atom is -0.463 e. The number of hydrogen-bond acceptors (Lipinski definition) is 5. The quantitative estimate of drug-likeness (QED) is 0.534. The molecule has 0 saturated heterocycles. The first kappa shape index (κ1) is 22.0. The summed E-state index contributed by atoms with van der Waals surface area (Å²) in [6.07, 6.45) is 5.50. The van der Waals surface area contributed by atoms with Crippen LogP contribution in [0.25, 0.3) is 12.2 Å². The lowest BCUT2D eigenvalue weighted by atomic mass is 10.0. The molecular weight excluding hydrogens is 444 g/mol. The second-order valence-electron chi connectivity index (χ2n) is 7.14. The molecule has 2 heterocycles. The van der Waals surface area contributed by atoms with Crippen LogP contribution >= 0.6 is 22.9 Å². The average Bonchev–Trinajstić information content (AvgIpc) is 3.09. The van der Waals surface area contributed by atoms with Gasteiger partial charge in [0.25, 0.3) is 5.56 Å². The first-order chi connectivity index (χ1) is 15.5. The highest BCUT2D eigenvalue weighted by Gasteiger charge is 2.30. The Labute approximate surface area is 194 Å². The van der Waals surface area contributed by atoms with Crippen molar-refractivity contribution in [1.82, 2.24) is 4.57 Å². The smallest absolute Gasteiger partial charge is 0.338 e. The molecule has 3 aromatic rings. The van der Waals surface area contributed by atoms with Gasteiger partial charge in [-0.1, -0.05) is 83.6 Å². The summed E-state index contributed by atoms with van der Waals surface area (Å²) >= 11 is 7.55. The number of esters is 1. The van der Waals surface area contributed by atoms with Crippen LogP contribution in [-0.2, 0) is 9.53 Å². The molecule has 0 bridgehead atoms. The Balaban J connectivity index is 1.89. The molecule has 0 N–H and O–H groups in total. The van der Waals surface area contributed by atoms with Crippen molar-refractivity contribution in [3.05, 3.63) is 108 Å². The number of aromatic nitrogens is 1. The molecule has 0 saturated carbocycles. The third-order valence-corrected chi connectivity index (χ3v) is 6.35. The van der Waals surface area contributed by atoms with Crippen molar-refractivity contribution in [1.29, 1.82) is 0 Å². The maximum absolute atomic E-state index is 13.4. The van der Waals surface area contributed by atoms with Crippen molar-refractivity contribution in [3.8, 4) is 0 Å². The van der Waals surface area contributed by atoms with Gasteiger partial charge in [0.05, 0.1) is 28.5 Å². The fourth-order valence-corrected chi connectivity index (χ4v) is 4.75. The zero-order chi connectivity index (χ0) is 22.7. The van der Waals surface area contributed by atoms with E-state index >= 15 is 0 Å². The highest BCUT2D eigenvalue weighted by molar-refractivity contribution is 7.07. The fourth-order valence-electron chi connectivity index (χ4n) is 3.52. The standard InChI is InChI=1S/C25H21ClN2O3S/c1-3-31-24(30)22-16(2)27-25-28(20(22)14-13-17-9-5-4-6-10-17)23(29)21(32-25)15-18-11-7-8-12-19(18)26/h4-15,20H,3H2,1-2H3/b14-13+,21-15-. The summed E-state index contributed by atoms with van der Waals surface area (Å²) in [5.41, 5.74) is 2.37. The molecule has 1 atom stereocenters. The van der Waals surface area contributed by atoms with E-state index in [-0.39, 0.29) is 12.2 Å². The van der Waals surface area contributed by atoms with E-state index in [9.17, 15) is 9.59 Å². The molecule has 0 spiro atoms. The number of halogens is 1. The predicted octanol–water partition coefficient (Wildman–Crippen LogP) is 4.12. The van der Waals surface area contributed by atoms with Crippen LogP contribution in [0.4, 0.5) is 0 Å². The number of fused-ring (bicyclic) bond motifs is 1. The van der Waals surface area contributed by atoms with Gasteiger partial charge in [0.15, 0.2) is 4.80 Å². The van der Waals surface area contributed by atoms with Crippen LogP contribution in [0.2, 0.25) is 5.02 Å². The highest BCUT2D eigenvalue weighted by Crippen LogP contribution is 2.26. The van der Waals surface area contributed by atoms with E-state index in [2.05, 4.69) is 4.99 Å². The number of nitrogens with zero attached hydrogens (tertiary/aromatic N) is 2. The Morgan fingerprint density at radius 1 is 1.19 bits per heavy atom. The molecular formula is C25H21ClN2O3S. The first-order valence-electron chi connectivity index (χ1n) is 10.2. The first-order valence-corrected chi connectivity index (χ1v) is 11.4. The molecule has 5 nitrogen and oxygen atoms in total. The van der Waals surface area contributed by atoms with E-state index < -0.39 is 12.0 Å². The van der Waals surface area contributed by atoms with Gasteiger partial charge in [-0.15, -0.1) is 0 Å². The molecule has 32 heavy (non-hydrogen) atoms. The van der Waals surface area contributed by atoms with Crippen molar-refractivity contribution in [2.24, 2.45) is 4.99 Å². The number of ether oxygens (including phenoxy) is 1. The molecule has 1 aromatic heterocycles. The van der Waals surface area contributed by atoms with Crippen LogP contribution in [0, 0.1) is 0 Å². The molecule has 0 aliphatic carbocycles. The summed E-state index contributed by atoms with van der Waals surface area (Å²) in [6, 6.07) is 16.4. The largest absolute Gasteiger partial charge is 0.463 e. The number of carbonyl (C=O) groups excluding carboxylic acids is 1. The Morgan fingerprint density at radius 3 is 2.62 bits per heavy atom. The van der Waals surface area contributed by atoms with E-state index in [4.69, 9.17) is 16.3 Å². The second-order valence-corrected chi connectivity index (χ2v) is 8.55. The minimum atomic E-state index is -0.626. The van der Waals surface area contributed by atoms with Crippen molar-refractivity contribution < 1.29 is 9.53 Å². The van der Waals surface area contributed by atoms with Crippen molar-refractivity contribution in [2.75, 3.05) is 6.61 Å². The van der Waals surface area contributed by atoms with Gasteiger partial charge in [-0.25, -0.2) is 9.79 Å². The highest BCUT2D eigenvalue weighted by atomic mass is 35.5. The molecule has 7 heteroatoms. The van der Waals surface area contributed by atoms with Gasteiger partial charge in [-0.05, 0) is 37.1 Å². The molecule has 0 fully saturated rings. The van der Waals surface area contributed by atoms with Crippen molar-refractivity contribution >= 4 is 41.1 Å². The van der Waals surface area contributed by atoms with E-state index in [0.717, 1.165) is 11.1 Å². The lowest BCUT2D eigenvalue weighted by molar-refractivity contribution is -0.139. The van der Waals surface area contributed by atoms with Gasteiger partial charge in [0, 0.05) is 5.02 Å². The summed E-state index contributed by atoms with van der Waals surface area (Å²) in [5.74, 6) is -0.475. The van der Waals surface area contributed by atoms with Crippen LogP contribution in [0.1, 0.15) is 31.0 Å². The third kappa shape index (κ3) is 4.38. The van der Waals surface area contributed by atoms with Gasteiger partial charge in [0.2, 0.25) is 0 Å². The average molecular weight is 465 g/mol. The van der Waals surface area contributed by atoms with E-state index in [0.29, 0.717) is 25.6 Å². The molecule has 1 unspecified atom stereocenters. The lowest BCUT2D eigenvalue weighted by Crippen LogP contribution is -2.38. The van der Waals surface area contributed by atoms with E-state index in [1.165, 1.54) is 11.3 Å². The number of thiazole rings is 1. The predicted molar refractivity (Wildman–Crippen MR) is 128 cm³/mol. The molecule has 2 aromatic carbocycles. The van der Waals surface area contributed by atoms with Crippen LogP contribution in [0.5, 0.6) is 0 Å². The molecule has 0 amide bonds. The fraction of sp³-hybridized carbons (Fsp3) is 0.160. The van der Waals surface area contributed by atoms with Gasteiger partial charge < -0.3 is 4.74 Å². The Bertz CT molecular complexity index is 1400. The third-order valence-electron chi connectivity index (χ3n) is 5.02. The van der Waals surface area contributed by atoms with Crippen LogP contribution in [0.15, 0.2) is 81.7 Å². The van der Waals surface area contributed by atoms with Crippen LogP contribution < -0.4 is 14.9 Å². The summed E-state index contributed by atoms with van der Waals surface area (Å²) in [7, 11) is 0. The number of benzene rings is 2. The van der Waals surface area contributed by atoms with Gasteiger partial charge in [-0.2, -0.15) is 0 Å². The van der Waals surface area contributed by atoms with Crippen molar-refractivity contribution in [3.63, 3.8) is 0 Å². The SMILES string of the molecule is CCOC(=O)C1=C(C)N=c2s/c(=C\c3ccccc3Cl)c(=O)n2C1/C=C/c1ccccc1. The van der Waals surface area contributed by atoms with E-state index in [1.807, 2.05) is 60.7 Å². The minimum absolute atomic E-state index is 0.231. The number of rotatable bonds is 5. The summed E-state index contributed by atoms with van der Waals surface area (Å²) in [5, 5.41) is 0.558. The normalized spacial score (nSPS) is 16.2. The zero-order valence-electron chi connectivity index (χ0n) is 17.6. The molecule has 1 aliphatic rings. The maximum atomic E-state index is 13.4. The van der Waals surface area contributed by atoms with E-state index in [1.54, 1.807) is 30.6 Å². The Hall–Kier alpha value is -3.22. The zero-order valence-corrected chi connectivity index (χ0v) is 19.2. The summed E-state index contributed by atoms with van der Waals surface area (Å²) in [4.78, 5) is 31.3. The molecule has 0 radical (unpaired) electrons. The Morgan fingerprint density at radius 2 is 1.91 bits per heavy atom. The monoisotopic (exact) mass is 464 g/mol. The number of allylic oxidation sites excluding steroid dienone is 2. The molecule has 4 rings (SSSR count). The van der Waals surface area contributed by atoms with Gasteiger partial charge in [0.1, 0.15) is 0 Å². The van der Waals surface area contributed by atoms with Gasteiger partial charge in [-0.3, -0.25) is 9.36 Å². The number of carbonyl (C=O) groups is 1. The second kappa shape index (κ2) is 9.51. The Kier molecular flexibility index (Phi) is 6.53. The molecule has 1 aliphatic heterocycles. The summed E-state index contributed by atoms with van der Waals surface area (Å²) < 4.78 is 7.32. The van der Waals surface area contributed by atoms with Crippen LogP contribution in [0.3, 0.4) is 0 Å².